The molecule has 82 valence electrons. The van der Waals surface area contributed by atoms with Crippen molar-refractivity contribution in [3.05, 3.63) is 35.9 Å². The van der Waals surface area contributed by atoms with Gasteiger partial charge in [-0.1, -0.05) is 44.2 Å². The lowest BCUT2D eigenvalue weighted by atomic mass is 9.83. The second-order valence-corrected chi connectivity index (χ2v) is 4.91. The predicted molar refractivity (Wildman–Crippen MR) is 62.8 cm³/mol. The van der Waals surface area contributed by atoms with Gasteiger partial charge in [0.2, 0.25) is 0 Å². The Balaban J connectivity index is 2.26. The standard InChI is InChI=1S/C14H20O/c1-12(2)11-14(9-6-10-15-14)13-7-4-3-5-8-13/h3-5,7-8,12H,6,9-11H2,1-2H3/t14-/m0/s1. The highest BCUT2D eigenvalue weighted by Crippen LogP contribution is 2.41. The molecule has 2 rings (SSSR count). The molecule has 0 radical (unpaired) electrons. The zero-order valence-corrected chi connectivity index (χ0v) is 9.70. The Morgan fingerprint density at radius 3 is 2.53 bits per heavy atom. The van der Waals surface area contributed by atoms with E-state index < -0.39 is 0 Å². The van der Waals surface area contributed by atoms with Crippen LogP contribution in [-0.4, -0.2) is 6.61 Å². The van der Waals surface area contributed by atoms with Crippen molar-refractivity contribution in [1.82, 2.24) is 0 Å². The number of hydrogen-bond acceptors (Lipinski definition) is 1. The van der Waals surface area contributed by atoms with E-state index in [0.717, 1.165) is 13.0 Å². The van der Waals surface area contributed by atoms with Gasteiger partial charge in [0.05, 0.1) is 5.60 Å². The number of hydrogen-bond donors (Lipinski definition) is 0. The molecule has 1 atom stereocenters. The largest absolute Gasteiger partial charge is 0.370 e. The highest BCUT2D eigenvalue weighted by atomic mass is 16.5. The highest BCUT2D eigenvalue weighted by Gasteiger charge is 2.37. The van der Waals surface area contributed by atoms with Crippen molar-refractivity contribution in [2.75, 3.05) is 6.61 Å². The Morgan fingerprint density at radius 1 is 1.27 bits per heavy atom. The highest BCUT2D eigenvalue weighted by molar-refractivity contribution is 5.23. The molecular formula is C14H20O. The van der Waals surface area contributed by atoms with E-state index in [1.165, 1.54) is 18.4 Å². The van der Waals surface area contributed by atoms with Crippen LogP contribution in [0, 0.1) is 5.92 Å². The van der Waals surface area contributed by atoms with Crippen molar-refractivity contribution >= 4 is 0 Å². The van der Waals surface area contributed by atoms with E-state index in [1.807, 2.05) is 0 Å². The maximum Gasteiger partial charge on any atom is 0.0934 e. The summed E-state index contributed by atoms with van der Waals surface area (Å²) in [4.78, 5) is 0. The first-order valence-corrected chi connectivity index (χ1v) is 5.92. The minimum atomic E-state index is 0.00935. The van der Waals surface area contributed by atoms with Crippen molar-refractivity contribution in [2.24, 2.45) is 5.92 Å². The third-order valence-electron chi connectivity index (χ3n) is 3.14. The van der Waals surface area contributed by atoms with Gasteiger partial charge < -0.3 is 4.74 Å². The van der Waals surface area contributed by atoms with Crippen LogP contribution in [0.25, 0.3) is 0 Å². The third-order valence-corrected chi connectivity index (χ3v) is 3.14. The fourth-order valence-electron chi connectivity index (χ4n) is 2.61. The normalized spacial score (nSPS) is 26.1. The minimum Gasteiger partial charge on any atom is -0.370 e. The quantitative estimate of drug-likeness (QED) is 0.728. The number of rotatable bonds is 3. The summed E-state index contributed by atoms with van der Waals surface area (Å²) >= 11 is 0. The van der Waals surface area contributed by atoms with E-state index in [1.54, 1.807) is 0 Å². The van der Waals surface area contributed by atoms with Gasteiger partial charge in [-0.15, -0.1) is 0 Å². The maximum absolute atomic E-state index is 6.04. The molecule has 0 saturated carbocycles. The van der Waals surface area contributed by atoms with Gasteiger partial charge in [0.15, 0.2) is 0 Å². The van der Waals surface area contributed by atoms with Gasteiger partial charge in [0.25, 0.3) is 0 Å². The number of ether oxygens (including phenoxy) is 1. The van der Waals surface area contributed by atoms with E-state index >= 15 is 0 Å². The topological polar surface area (TPSA) is 9.23 Å². The van der Waals surface area contributed by atoms with E-state index in [2.05, 4.69) is 44.2 Å². The zero-order valence-electron chi connectivity index (χ0n) is 9.70. The molecule has 1 aromatic rings. The second kappa shape index (κ2) is 4.36. The van der Waals surface area contributed by atoms with E-state index in [0.29, 0.717) is 5.92 Å². The molecule has 0 aliphatic carbocycles. The van der Waals surface area contributed by atoms with Crippen LogP contribution in [0.5, 0.6) is 0 Å². The van der Waals surface area contributed by atoms with E-state index in [4.69, 9.17) is 4.74 Å². The Kier molecular flexibility index (Phi) is 3.11. The fraction of sp³-hybridized carbons (Fsp3) is 0.571. The molecule has 15 heavy (non-hydrogen) atoms. The average Bonchev–Trinajstić information content (AvgIpc) is 2.68. The molecule has 1 aliphatic rings. The van der Waals surface area contributed by atoms with Crippen molar-refractivity contribution in [3.8, 4) is 0 Å². The summed E-state index contributed by atoms with van der Waals surface area (Å²) in [6.45, 7) is 5.46. The molecule has 0 unspecified atom stereocenters. The Hall–Kier alpha value is -0.820. The van der Waals surface area contributed by atoms with Gasteiger partial charge in [-0.2, -0.15) is 0 Å². The SMILES string of the molecule is CC(C)C[C@]1(c2ccccc2)CCCO1. The molecule has 1 heterocycles. The van der Waals surface area contributed by atoms with Crippen LogP contribution in [0.3, 0.4) is 0 Å². The Bertz CT molecular complexity index is 296. The van der Waals surface area contributed by atoms with E-state index in [-0.39, 0.29) is 5.60 Å². The molecule has 1 saturated heterocycles. The van der Waals surface area contributed by atoms with Crippen LogP contribution < -0.4 is 0 Å². The van der Waals surface area contributed by atoms with Crippen molar-refractivity contribution in [2.45, 2.75) is 38.7 Å². The van der Waals surface area contributed by atoms with Gasteiger partial charge in [-0.3, -0.25) is 0 Å². The predicted octanol–water partition coefficient (Wildman–Crippen LogP) is 3.74. The van der Waals surface area contributed by atoms with Gasteiger partial charge in [0, 0.05) is 6.61 Å². The molecule has 0 aromatic heterocycles. The van der Waals surface area contributed by atoms with Crippen LogP contribution >= 0.6 is 0 Å². The van der Waals surface area contributed by atoms with Gasteiger partial charge in [0.1, 0.15) is 0 Å². The molecule has 0 amide bonds. The fourth-order valence-corrected chi connectivity index (χ4v) is 2.61. The number of benzene rings is 1. The molecule has 1 heteroatoms. The molecule has 1 fully saturated rings. The third kappa shape index (κ3) is 2.23. The molecule has 1 nitrogen and oxygen atoms in total. The monoisotopic (exact) mass is 204 g/mol. The summed E-state index contributed by atoms with van der Waals surface area (Å²) < 4.78 is 6.04. The second-order valence-electron chi connectivity index (χ2n) is 4.91. The smallest absolute Gasteiger partial charge is 0.0934 e. The lowest BCUT2D eigenvalue weighted by Crippen LogP contribution is -2.26. The van der Waals surface area contributed by atoms with Gasteiger partial charge in [-0.25, -0.2) is 0 Å². The van der Waals surface area contributed by atoms with Crippen LogP contribution in [-0.2, 0) is 10.3 Å². The lowest BCUT2D eigenvalue weighted by molar-refractivity contribution is -0.0166. The van der Waals surface area contributed by atoms with Crippen LogP contribution in [0.4, 0.5) is 0 Å². The summed E-state index contributed by atoms with van der Waals surface area (Å²) in [5.74, 6) is 0.684. The first kappa shape index (κ1) is 10.7. The van der Waals surface area contributed by atoms with Crippen molar-refractivity contribution in [1.29, 1.82) is 0 Å². The first-order chi connectivity index (χ1) is 7.23. The Labute approximate surface area is 92.5 Å². The van der Waals surface area contributed by atoms with Crippen LogP contribution in [0.1, 0.15) is 38.7 Å². The summed E-state index contributed by atoms with van der Waals surface area (Å²) in [5, 5.41) is 0. The molecular weight excluding hydrogens is 184 g/mol. The molecule has 1 aromatic carbocycles. The Morgan fingerprint density at radius 2 is 2.00 bits per heavy atom. The first-order valence-electron chi connectivity index (χ1n) is 5.92. The van der Waals surface area contributed by atoms with Gasteiger partial charge >= 0.3 is 0 Å². The summed E-state index contributed by atoms with van der Waals surface area (Å²) in [6, 6.07) is 10.7. The van der Waals surface area contributed by atoms with Gasteiger partial charge in [-0.05, 0) is 30.7 Å². The molecule has 1 aliphatic heterocycles. The zero-order chi connectivity index (χ0) is 10.7. The lowest BCUT2D eigenvalue weighted by Gasteiger charge is -2.30. The maximum atomic E-state index is 6.04. The summed E-state index contributed by atoms with van der Waals surface area (Å²) in [6.07, 6.45) is 3.51. The van der Waals surface area contributed by atoms with E-state index in [9.17, 15) is 0 Å². The molecule has 0 bridgehead atoms. The van der Waals surface area contributed by atoms with Crippen LogP contribution in [0.2, 0.25) is 0 Å². The molecule has 0 N–H and O–H groups in total. The minimum absolute atomic E-state index is 0.00935. The van der Waals surface area contributed by atoms with Crippen molar-refractivity contribution in [3.63, 3.8) is 0 Å². The van der Waals surface area contributed by atoms with Crippen LogP contribution in [0.15, 0.2) is 30.3 Å². The average molecular weight is 204 g/mol. The summed E-state index contributed by atoms with van der Waals surface area (Å²) in [7, 11) is 0. The summed E-state index contributed by atoms with van der Waals surface area (Å²) in [5.41, 5.74) is 1.37. The molecule has 0 spiro atoms. The van der Waals surface area contributed by atoms with Crippen molar-refractivity contribution < 1.29 is 4.74 Å².